The average Bonchev–Trinajstić information content (AvgIpc) is 2.64. The highest BCUT2D eigenvalue weighted by molar-refractivity contribution is 5.94. The lowest BCUT2D eigenvalue weighted by molar-refractivity contribution is -0.119. The van der Waals surface area contributed by atoms with Crippen LogP contribution >= 0.6 is 0 Å². The van der Waals surface area contributed by atoms with Crippen LogP contribution in [0.2, 0.25) is 0 Å². The van der Waals surface area contributed by atoms with E-state index in [1.54, 1.807) is 6.07 Å². The summed E-state index contributed by atoms with van der Waals surface area (Å²) in [6, 6.07) is 1.53. The SMILES string of the molecule is O=C1CC(Nc2ccncc2C(=O)O)CN1. The molecule has 0 aliphatic carbocycles. The van der Waals surface area contributed by atoms with Crippen molar-refractivity contribution in [3.63, 3.8) is 0 Å². The van der Waals surface area contributed by atoms with Gasteiger partial charge in [0.15, 0.2) is 0 Å². The Balaban J connectivity index is 2.14. The van der Waals surface area contributed by atoms with Gasteiger partial charge in [0.05, 0.1) is 11.7 Å². The second-order valence-electron chi connectivity index (χ2n) is 3.58. The highest BCUT2D eigenvalue weighted by Gasteiger charge is 2.22. The van der Waals surface area contributed by atoms with E-state index in [4.69, 9.17) is 5.11 Å². The van der Waals surface area contributed by atoms with Crippen molar-refractivity contribution in [3.05, 3.63) is 24.0 Å². The maximum atomic E-state index is 11.0. The molecule has 1 aromatic heterocycles. The number of carbonyl (C=O) groups excluding carboxylic acids is 1. The number of aromatic carboxylic acids is 1. The molecule has 0 bridgehead atoms. The minimum atomic E-state index is -1.03. The molecule has 0 saturated carbocycles. The predicted molar refractivity (Wildman–Crippen MR) is 56.2 cm³/mol. The van der Waals surface area contributed by atoms with Crippen molar-refractivity contribution in [3.8, 4) is 0 Å². The molecule has 1 amide bonds. The van der Waals surface area contributed by atoms with Gasteiger partial charge >= 0.3 is 5.97 Å². The molecule has 1 saturated heterocycles. The fourth-order valence-electron chi connectivity index (χ4n) is 1.62. The van der Waals surface area contributed by atoms with Gasteiger partial charge in [-0.05, 0) is 6.07 Å². The minimum absolute atomic E-state index is 0.0246. The summed E-state index contributed by atoms with van der Waals surface area (Å²) in [6.45, 7) is 0.514. The van der Waals surface area contributed by atoms with Crippen LogP contribution in [-0.2, 0) is 4.79 Å². The first kappa shape index (κ1) is 10.4. The molecule has 0 aromatic carbocycles. The standard InChI is InChI=1S/C10H11N3O3/c14-9-3-6(4-12-9)13-8-1-2-11-5-7(8)10(15)16/h1-2,5-6H,3-4H2,(H,11,13)(H,12,14)(H,15,16). The maximum absolute atomic E-state index is 11.0. The monoisotopic (exact) mass is 221 g/mol. The molecule has 1 fully saturated rings. The van der Waals surface area contributed by atoms with Gasteiger partial charge in [-0.25, -0.2) is 4.79 Å². The number of pyridine rings is 1. The summed E-state index contributed by atoms with van der Waals surface area (Å²) in [5.41, 5.74) is 0.603. The molecule has 3 N–H and O–H groups in total. The molecular formula is C10H11N3O3. The Labute approximate surface area is 91.7 Å². The quantitative estimate of drug-likeness (QED) is 0.672. The van der Waals surface area contributed by atoms with Crippen LogP contribution in [0.15, 0.2) is 18.5 Å². The van der Waals surface area contributed by atoms with E-state index in [-0.39, 0.29) is 17.5 Å². The Morgan fingerprint density at radius 3 is 3.06 bits per heavy atom. The van der Waals surface area contributed by atoms with Gasteiger partial charge in [-0.1, -0.05) is 0 Å². The highest BCUT2D eigenvalue weighted by atomic mass is 16.4. The molecule has 1 aliphatic heterocycles. The van der Waals surface area contributed by atoms with Crippen LogP contribution in [0.4, 0.5) is 5.69 Å². The summed E-state index contributed by atoms with van der Waals surface area (Å²) >= 11 is 0. The summed E-state index contributed by atoms with van der Waals surface area (Å²) < 4.78 is 0. The van der Waals surface area contributed by atoms with Gasteiger partial charge in [0.1, 0.15) is 5.56 Å². The molecule has 1 aliphatic rings. The molecular weight excluding hydrogens is 210 g/mol. The first-order valence-electron chi connectivity index (χ1n) is 4.87. The van der Waals surface area contributed by atoms with Crippen molar-refractivity contribution in [1.29, 1.82) is 0 Å². The summed E-state index contributed by atoms with van der Waals surface area (Å²) in [7, 11) is 0. The molecule has 1 aromatic rings. The number of carboxylic acid groups (broad SMARTS) is 1. The molecule has 1 unspecified atom stereocenters. The van der Waals surface area contributed by atoms with E-state index in [9.17, 15) is 9.59 Å². The lowest BCUT2D eigenvalue weighted by Crippen LogP contribution is -2.23. The number of nitrogens with one attached hydrogen (secondary N) is 2. The summed E-state index contributed by atoms with van der Waals surface area (Å²) in [4.78, 5) is 25.6. The zero-order chi connectivity index (χ0) is 11.5. The number of amides is 1. The zero-order valence-electron chi connectivity index (χ0n) is 8.43. The number of carbonyl (C=O) groups is 2. The van der Waals surface area contributed by atoms with E-state index >= 15 is 0 Å². The van der Waals surface area contributed by atoms with Gasteiger partial charge in [0.25, 0.3) is 0 Å². The number of hydrogen-bond donors (Lipinski definition) is 3. The zero-order valence-corrected chi connectivity index (χ0v) is 8.43. The number of rotatable bonds is 3. The van der Waals surface area contributed by atoms with Crippen LogP contribution < -0.4 is 10.6 Å². The second kappa shape index (κ2) is 4.18. The third kappa shape index (κ3) is 2.10. The summed E-state index contributed by atoms with van der Waals surface area (Å²) in [6.07, 6.45) is 3.16. The Hall–Kier alpha value is -2.11. The molecule has 2 heterocycles. The van der Waals surface area contributed by atoms with Crippen molar-refractivity contribution in [2.45, 2.75) is 12.5 Å². The molecule has 6 nitrogen and oxygen atoms in total. The lowest BCUT2D eigenvalue weighted by Gasteiger charge is -2.13. The maximum Gasteiger partial charge on any atom is 0.339 e. The van der Waals surface area contributed by atoms with Gasteiger partial charge in [0, 0.05) is 25.4 Å². The Morgan fingerprint density at radius 1 is 1.62 bits per heavy atom. The smallest absolute Gasteiger partial charge is 0.339 e. The van der Waals surface area contributed by atoms with Crippen LogP contribution in [0.3, 0.4) is 0 Å². The largest absolute Gasteiger partial charge is 0.478 e. The first-order valence-corrected chi connectivity index (χ1v) is 4.87. The normalized spacial score (nSPS) is 19.2. The van der Waals surface area contributed by atoms with E-state index < -0.39 is 5.97 Å². The molecule has 16 heavy (non-hydrogen) atoms. The number of aromatic nitrogens is 1. The average molecular weight is 221 g/mol. The van der Waals surface area contributed by atoms with Crippen molar-refractivity contribution in [2.75, 3.05) is 11.9 Å². The van der Waals surface area contributed by atoms with E-state index in [0.29, 0.717) is 18.7 Å². The van der Waals surface area contributed by atoms with Gasteiger partial charge in [-0.2, -0.15) is 0 Å². The Morgan fingerprint density at radius 2 is 2.44 bits per heavy atom. The van der Waals surface area contributed by atoms with E-state index in [0.717, 1.165) is 0 Å². The van der Waals surface area contributed by atoms with E-state index in [1.165, 1.54) is 12.4 Å². The van der Waals surface area contributed by atoms with Gasteiger partial charge in [0.2, 0.25) is 5.91 Å². The van der Waals surface area contributed by atoms with Crippen LogP contribution in [0.5, 0.6) is 0 Å². The van der Waals surface area contributed by atoms with E-state index in [2.05, 4.69) is 15.6 Å². The molecule has 0 radical (unpaired) electrons. The molecule has 84 valence electrons. The summed E-state index contributed by atoms with van der Waals surface area (Å²) in [5, 5.41) is 14.6. The first-order chi connectivity index (χ1) is 7.66. The van der Waals surface area contributed by atoms with Crippen LogP contribution in [0.25, 0.3) is 0 Å². The molecule has 0 spiro atoms. The second-order valence-corrected chi connectivity index (χ2v) is 3.58. The third-order valence-electron chi connectivity index (χ3n) is 2.39. The van der Waals surface area contributed by atoms with Crippen molar-refractivity contribution >= 4 is 17.6 Å². The van der Waals surface area contributed by atoms with Gasteiger partial charge in [-0.15, -0.1) is 0 Å². The predicted octanol–water partition coefficient (Wildman–Crippen LogP) is 0.0802. The van der Waals surface area contributed by atoms with Gasteiger partial charge in [-0.3, -0.25) is 9.78 Å². The summed E-state index contributed by atoms with van der Waals surface area (Å²) in [5.74, 6) is -1.06. The number of anilines is 1. The van der Waals surface area contributed by atoms with Crippen LogP contribution in [0, 0.1) is 0 Å². The van der Waals surface area contributed by atoms with E-state index in [1.807, 2.05) is 0 Å². The molecule has 2 rings (SSSR count). The Kier molecular flexibility index (Phi) is 2.72. The van der Waals surface area contributed by atoms with Crippen LogP contribution in [0.1, 0.15) is 16.8 Å². The van der Waals surface area contributed by atoms with Crippen molar-refractivity contribution < 1.29 is 14.7 Å². The molecule has 1 atom stereocenters. The Bertz CT molecular complexity index is 433. The fourth-order valence-corrected chi connectivity index (χ4v) is 1.62. The van der Waals surface area contributed by atoms with Crippen LogP contribution in [-0.4, -0.2) is 34.6 Å². The topological polar surface area (TPSA) is 91.3 Å². The lowest BCUT2D eigenvalue weighted by atomic mass is 10.2. The highest BCUT2D eigenvalue weighted by Crippen LogP contribution is 2.16. The van der Waals surface area contributed by atoms with Crippen molar-refractivity contribution in [1.82, 2.24) is 10.3 Å². The number of carboxylic acids is 1. The number of hydrogen-bond acceptors (Lipinski definition) is 4. The van der Waals surface area contributed by atoms with Crippen molar-refractivity contribution in [2.24, 2.45) is 0 Å². The minimum Gasteiger partial charge on any atom is -0.478 e. The fraction of sp³-hybridized carbons (Fsp3) is 0.300. The third-order valence-corrected chi connectivity index (χ3v) is 2.39. The molecule has 6 heteroatoms. The van der Waals surface area contributed by atoms with Gasteiger partial charge < -0.3 is 15.7 Å². The number of nitrogens with zero attached hydrogens (tertiary/aromatic N) is 1.